The van der Waals surface area contributed by atoms with Crippen molar-refractivity contribution >= 4 is 50.1 Å². The van der Waals surface area contributed by atoms with E-state index >= 15 is 0 Å². The lowest BCUT2D eigenvalue weighted by atomic mass is 9.72. The zero-order chi connectivity index (χ0) is 24.4. The summed E-state index contributed by atoms with van der Waals surface area (Å²) < 4.78 is 12.3. The van der Waals surface area contributed by atoms with E-state index in [1.165, 1.54) is 13.0 Å². The lowest BCUT2D eigenvalue weighted by Crippen LogP contribution is -2.37. The second-order valence-electron chi connectivity index (χ2n) is 9.15. The van der Waals surface area contributed by atoms with E-state index in [1.54, 1.807) is 29.5 Å². The Hall–Kier alpha value is -3.52. The number of thiazole rings is 1. The van der Waals surface area contributed by atoms with E-state index in [2.05, 4.69) is 5.32 Å². The first-order valence-electron chi connectivity index (χ1n) is 11.8. The van der Waals surface area contributed by atoms with Crippen LogP contribution in [0, 0.1) is 5.41 Å². The maximum atomic E-state index is 13.5. The second kappa shape index (κ2) is 9.62. The number of nitrogens with one attached hydrogen (secondary N) is 1. The van der Waals surface area contributed by atoms with Crippen molar-refractivity contribution in [2.24, 2.45) is 5.41 Å². The van der Waals surface area contributed by atoms with Gasteiger partial charge in [0.1, 0.15) is 12.2 Å². The van der Waals surface area contributed by atoms with Gasteiger partial charge in [-0.2, -0.15) is 0 Å². The highest BCUT2D eigenvalue weighted by Crippen LogP contribution is 2.42. The van der Waals surface area contributed by atoms with Crippen molar-refractivity contribution in [2.75, 3.05) is 5.32 Å². The number of rotatable bonds is 6. The number of carbonyl (C=O) groups excluding carboxylic acids is 2. The molecule has 2 aromatic carbocycles. The first kappa shape index (κ1) is 23.2. The van der Waals surface area contributed by atoms with Crippen LogP contribution in [0.2, 0.25) is 0 Å². The zero-order valence-electron chi connectivity index (χ0n) is 19.5. The van der Waals surface area contributed by atoms with Gasteiger partial charge < -0.3 is 14.5 Å². The van der Waals surface area contributed by atoms with E-state index in [0.29, 0.717) is 28.6 Å². The number of esters is 1. The predicted molar refractivity (Wildman–Crippen MR) is 135 cm³/mol. The first-order chi connectivity index (χ1) is 16.9. The zero-order valence-corrected chi connectivity index (χ0v) is 20.3. The molecule has 5 rings (SSSR count). The fraction of sp³-hybridized carbons (Fsp3) is 0.333. The molecule has 1 amide bonds. The monoisotopic (exact) mass is 490 g/mol. The molecular weight excluding hydrogens is 464 g/mol. The van der Waals surface area contributed by atoms with Crippen LogP contribution in [-0.2, 0) is 27.4 Å². The minimum Gasteiger partial charge on any atom is -0.460 e. The minimum atomic E-state index is -0.611. The van der Waals surface area contributed by atoms with Crippen molar-refractivity contribution < 1.29 is 18.7 Å². The number of para-hydroxylation sites is 1. The highest BCUT2D eigenvalue weighted by Gasteiger charge is 2.42. The van der Waals surface area contributed by atoms with Crippen LogP contribution < -0.4 is 10.9 Å². The normalized spacial score (nSPS) is 15.2. The molecule has 0 bridgehead atoms. The molecule has 0 unspecified atom stereocenters. The van der Waals surface area contributed by atoms with Gasteiger partial charge in [0.25, 0.3) is 0 Å². The van der Waals surface area contributed by atoms with Gasteiger partial charge in [-0.1, -0.05) is 31.4 Å². The van der Waals surface area contributed by atoms with E-state index in [1.807, 2.05) is 24.3 Å². The van der Waals surface area contributed by atoms with Crippen LogP contribution in [0.5, 0.6) is 0 Å². The molecule has 1 fully saturated rings. The number of hydrogen-bond acceptors (Lipinski definition) is 7. The molecule has 7 nitrogen and oxygen atoms in total. The summed E-state index contributed by atoms with van der Waals surface area (Å²) in [5, 5.41) is 4.28. The average molecular weight is 491 g/mol. The summed E-state index contributed by atoms with van der Waals surface area (Å²) in [5.41, 5.74) is 1.24. The topological polar surface area (TPSA) is 98.5 Å². The van der Waals surface area contributed by atoms with Crippen LogP contribution in [0.4, 0.5) is 5.69 Å². The van der Waals surface area contributed by atoms with Gasteiger partial charge >= 0.3 is 11.6 Å². The number of ether oxygens (including phenoxy) is 1. The first-order valence-corrected chi connectivity index (χ1v) is 12.6. The molecule has 0 radical (unpaired) electrons. The number of hydrogen-bond donors (Lipinski definition) is 1. The molecule has 1 N–H and O–H groups in total. The molecular formula is C27H26N2O5S. The fourth-order valence-corrected chi connectivity index (χ4v) is 6.00. The summed E-state index contributed by atoms with van der Waals surface area (Å²) in [5.74, 6) is -0.463. The summed E-state index contributed by atoms with van der Waals surface area (Å²) in [4.78, 5) is 41.8. The van der Waals surface area contributed by atoms with Gasteiger partial charge in [-0.25, -0.2) is 9.78 Å². The smallest absolute Gasteiger partial charge is 0.336 e. The molecule has 180 valence electrons. The van der Waals surface area contributed by atoms with E-state index in [4.69, 9.17) is 14.1 Å². The molecule has 0 atom stereocenters. The highest BCUT2D eigenvalue weighted by molar-refractivity contribution is 7.18. The van der Waals surface area contributed by atoms with Crippen LogP contribution in [0.1, 0.15) is 49.6 Å². The largest absolute Gasteiger partial charge is 0.460 e. The maximum Gasteiger partial charge on any atom is 0.336 e. The average Bonchev–Trinajstić information content (AvgIpc) is 3.24. The quantitative estimate of drug-likeness (QED) is 0.279. The molecule has 8 heteroatoms. The van der Waals surface area contributed by atoms with Gasteiger partial charge in [-0.3, -0.25) is 9.59 Å². The lowest BCUT2D eigenvalue weighted by Gasteiger charge is -2.34. The van der Waals surface area contributed by atoms with Crippen LogP contribution >= 0.6 is 11.3 Å². The molecule has 0 saturated heterocycles. The van der Waals surface area contributed by atoms with Crippen LogP contribution in [0.15, 0.2) is 57.7 Å². The van der Waals surface area contributed by atoms with E-state index in [9.17, 15) is 14.4 Å². The number of carbonyl (C=O) groups is 2. The number of amides is 1. The van der Waals surface area contributed by atoms with Crippen molar-refractivity contribution in [2.45, 2.75) is 52.1 Å². The van der Waals surface area contributed by atoms with Gasteiger partial charge in [0.15, 0.2) is 0 Å². The molecule has 2 heterocycles. The molecule has 0 spiro atoms. The summed E-state index contributed by atoms with van der Waals surface area (Å²) in [6, 6.07) is 14.4. The Labute approximate surface area is 206 Å². The van der Waals surface area contributed by atoms with Crippen molar-refractivity contribution in [1.82, 2.24) is 4.98 Å². The molecule has 1 aliphatic carbocycles. The third-order valence-electron chi connectivity index (χ3n) is 6.58. The summed E-state index contributed by atoms with van der Waals surface area (Å²) in [7, 11) is 0. The molecule has 35 heavy (non-hydrogen) atoms. The Morgan fingerprint density at radius 2 is 1.91 bits per heavy atom. The Balaban J connectivity index is 1.38. The SMILES string of the molecule is CC(=O)Nc1ccc2c(COC(=O)C3(Cc4nc5ccccc5s4)CCCCC3)cc(=O)oc2c1. The predicted octanol–water partition coefficient (Wildman–Crippen LogP) is 5.60. The van der Waals surface area contributed by atoms with E-state index in [-0.39, 0.29) is 18.5 Å². The molecule has 2 aromatic heterocycles. The number of benzene rings is 2. The van der Waals surface area contributed by atoms with Crippen molar-refractivity contribution in [3.63, 3.8) is 0 Å². The van der Waals surface area contributed by atoms with Crippen LogP contribution in [0.25, 0.3) is 21.2 Å². The standard InChI is InChI=1S/C27H26N2O5S/c1-17(30)28-19-9-10-20-18(13-25(31)34-22(20)14-19)16-33-26(32)27(11-5-2-6-12-27)15-24-29-21-7-3-4-8-23(21)35-24/h3-4,7-10,13-14H,2,5-6,11-12,15-16H2,1H3,(H,28,30). The van der Waals surface area contributed by atoms with Gasteiger partial charge in [-0.05, 0) is 37.1 Å². The Morgan fingerprint density at radius 3 is 2.69 bits per heavy atom. The number of anilines is 1. The van der Waals surface area contributed by atoms with Crippen molar-refractivity contribution in [3.05, 3.63) is 69.5 Å². The van der Waals surface area contributed by atoms with Crippen molar-refractivity contribution in [1.29, 1.82) is 0 Å². The van der Waals surface area contributed by atoms with Gasteiger partial charge in [0.05, 0.1) is 20.6 Å². The lowest BCUT2D eigenvalue weighted by molar-refractivity contribution is -0.159. The number of aromatic nitrogens is 1. The summed E-state index contributed by atoms with van der Waals surface area (Å²) >= 11 is 1.63. The highest BCUT2D eigenvalue weighted by atomic mass is 32.1. The minimum absolute atomic E-state index is 0.0258. The Bertz CT molecular complexity index is 1430. The van der Waals surface area contributed by atoms with Gasteiger partial charge in [-0.15, -0.1) is 11.3 Å². The fourth-order valence-electron chi connectivity index (χ4n) is 4.89. The van der Waals surface area contributed by atoms with Gasteiger partial charge in [0, 0.05) is 42.1 Å². The van der Waals surface area contributed by atoms with Crippen molar-refractivity contribution in [3.8, 4) is 0 Å². The Kier molecular flexibility index (Phi) is 6.38. The summed E-state index contributed by atoms with van der Waals surface area (Å²) in [6.45, 7) is 1.38. The van der Waals surface area contributed by atoms with Crippen LogP contribution in [-0.4, -0.2) is 16.9 Å². The third kappa shape index (κ3) is 4.98. The Morgan fingerprint density at radius 1 is 1.11 bits per heavy atom. The second-order valence-corrected chi connectivity index (χ2v) is 10.3. The van der Waals surface area contributed by atoms with E-state index in [0.717, 1.165) is 47.3 Å². The maximum absolute atomic E-state index is 13.5. The molecule has 1 aliphatic rings. The molecule has 1 saturated carbocycles. The van der Waals surface area contributed by atoms with Gasteiger partial charge in [0.2, 0.25) is 5.91 Å². The van der Waals surface area contributed by atoms with Crippen LogP contribution in [0.3, 0.4) is 0 Å². The molecule has 4 aromatic rings. The third-order valence-corrected chi connectivity index (χ3v) is 7.62. The molecule has 0 aliphatic heterocycles. The van der Waals surface area contributed by atoms with E-state index < -0.39 is 11.0 Å². The summed E-state index contributed by atoms with van der Waals surface area (Å²) in [6.07, 6.45) is 5.14. The number of fused-ring (bicyclic) bond motifs is 2. The number of nitrogens with zero attached hydrogens (tertiary/aromatic N) is 1.